The average Bonchev–Trinajstić information content (AvgIpc) is 2.26. The predicted molar refractivity (Wildman–Crippen MR) is 68.0 cm³/mol. The molecule has 0 spiro atoms. The van der Waals surface area contributed by atoms with Crippen LogP contribution in [0.5, 0.6) is 0 Å². The quantitative estimate of drug-likeness (QED) is 0.850. The van der Waals surface area contributed by atoms with Gasteiger partial charge in [-0.05, 0) is 37.0 Å². The van der Waals surface area contributed by atoms with Crippen molar-refractivity contribution in [2.24, 2.45) is 5.92 Å². The fraction of sp³-hybridized carbons (Fsp3) is 0.500. The third kappa shape index (κ3) is 2.49. The molecule has 1 aliphatic carbocycles. The lowest BCUT2D eigenvalue weighted by Gasteiger charge is -2.29. The zero-order valence-electron chi connectivity index (χ0n) is 10.3. The van der Waals surface area contributed by atoms with Crippen molar-refractivity contribution in [3.63, 3.8) is 0 Å². The van der Waals surface area contributed by atoms with Crippen molar-refractivity contribution < 1.29 is 12.8 Å². The molecule has 1 aliphatic rings. The molecule has 100 valence electrons. The molecule has 0 saturated heterocycles. The Morgan fingerprint density at radius 3 is 2.61 bits per heavy atom. The van der Waals surface area contributed by atoms with Gasteiger partial charge >= 0.3 is 0 Å². The lowest BCUT2D eigenvalue weighted by atomic mass is 9.86. The van der Waals surface area contributed by atoms with E-state index in [1.807, 2.05) is 0 Å². The fourth-order valence-electron chi connectivity index (χ4n) is 1.99. The smallest absolute Gasteiger partial charge is 0.242 e. The van der Waals surface area contributed by atoms with Gasteiger partial charge in [-0.3, -0.25) is 0 Å². The van der Waals surface area contributed by atoms with E-state index < -0.39 is 15.8 Å². The van der Waals surface area contributed by atoms with Gasteiger partial charge in [-0.1, -0.05) is 6.42 Å². The summed E-state index contributed by atoms with van der Waals surface area (Å²) in [4.78, 5) is -0.0453. The number of hydrogen-bond acceptors (Lipinski definition) is 3. The second kappa shape index (κ2) is 4.85. The summed E-state index contributed by atoms with van der Waals surface area (Å²) >= 11 is 0. The highest BCUT2D eigenvalue weighted by atomic mass is 32.2. The molecule has 0 amide bonds. The van der Waals surface area contributed by atoms with Crippen LogP contribution in [0.4, 0.5) is 10.1 Å². The zero-order valence-corrected chi connectivity index (χ0v) is 11.1. The molecule has 6 heteroatoms. The molecule has 0 heterocycles. The Morgan fingerprint density at radius 2 is 2.11 bits per heavy atom. The fourth-order valence-corrected chi connectivity index (χ4v) is 3.24. The molecule has 0 bridgehead atoms. The summed E-state index contributed by atoms with van der Waals surface area (Å²) < 4.78 is 39.0. The third-order valence-electron chi connectivity index (χ3n) is 3.42. The molecule has 1 fully saturated rings. The van der Waals surface area contributed by atoms with Gasteiger partial charge in [0.2, 0.25) is 10.0 Å². The highest BCUT2D eigenvalue weighted by Gasteiger charge is 2.27. The van der Waals surface area contributed by atoms with Crippen LogP contribution in [0, 0.1) is 11.7 Å². The van der Waals surface area contributed by atoms with Crippen molar-refractivity contribution >= 4 is 15.7 Å². The summed E-state index contributed by atoms with van der Waals surface area (Å²) in [5.41, 5.74) is 5.29. The van der Waals surface area contributed by atoms with E-state index in [0.29, 0.717) is 12.5 Å². The maximum atomic E-state index is 13.3. The van der Waals surface area contributed by atoms with Gasteiger partial charge in [0.25, 0.3) is 0 Å². The van der Waals surface area contributed by atoms with Crippen LogP contribution in [0.1, 0.15) is 19.3 Å². The van der Waals surface area contributed by atoms with E-state index in [9.17, 15) is 12.8 Å². The van der Waals surface area contributed by atoms with Crippen molar-refractivity contribution in [1.82, 2.24) is 4.31 Å². The highest BCUT2D eigenvalue weighted by Crippen LogP contribution is 2.28. The Morgan fingerprint density at radius 1 is 1.44 bits per heavy atom. The Hall–Kier alpha value is -1.14. The van der Waals surface area contributed by atoms with Crippen molar-refractivity contribution in [3.05, 3.63) is 24.0 Å². The van der Waals surface area contributed by atoms with Gasteiger partial charge in [0.05, 0.1) is 10.6 Å². The Labute approximate surface area is 107 Å². The van der Waals surface area contributed by atoms with E-state index >= 15 is 0 Å². The first-order chi connectivity index (χ1) is 8.41. The number of anilines is 1. The number of benzene rings is 1. The predicted octanol–water partition coefficient (Wildman–Crippen LogP) is 1.83. The minimum atomic E-state index is -3.61. The first-order valence-electron chi connectivity index (χ1n) is 5.92. The Kier molecular flexibility index (Phi) is 3.59. The number of nitrogens with zero attached hydrogens (tertiary/aromatic N) is 1. The number of hydrogen-bond donors (Lipinski definition) is 1. The first-order valence-corrected chi connectivity index (χ1v) is 7.36. The number of sulfonamides is 1. The van der Waals surface area contributed by atoms with Crippen LogP contribution in [0.25, 0.3) is 0 Å². The van der Waals surface area contributed by atoms with Crippen LogP contribution in [0.2, 0.25) is 0 Å². The second-order valence-electron chi connectivity index (χ2n) is 4.77. The van der Waals surface area contributed by atoms with E-state index in [0.717, 1.165) is 25.3 Å². The van der Waals surface area contributed by atoms with Gasteiger partial charge in [0, 0.05) is 13.6 Å². The topological polar surface area (TPSA) is 63.4 Å². The molecule has 1 saturated carbocycles. The minimum absolute atomic E-state index is 0.0453. The summed E-state index contributed by atoms with van der Waals surface area (Å²) in [7, 11) is -2.08. The lowest BCUT2D eigenvalue weighted by Crippen LogP contribution is -2.34. The molecule has 0 aromatic heterocycles. The average molecular weight is 272 g/mol. The number of nitrogen functional groups attached to an aromatic ring is 1. The van der Waals surface area contributed by atoms with Gasteiger partial charge < -0.3 is 5.73 Å². The van der Waals surface area contributed by atoms with Crippen LogP contribution in [-0.4, -0.2) is 26.3 Å². The molecule has 1 aromatic carbocycles. The summed E-state index contributed by atoms with van der Waals surface area (Å²) in [6.45, 7) is 0.494. The minimum Gasteiger partial charge on any atom is -0.396 e. The van der Waals surface area contributed by atoms with Crippen molar-refractivity contribution in [2.45, 2.75) is 24.2 Å². The Bertz CT molecular complexity index is 541. The SMILES string of the molecule is CN(CC1CCC1)S(=O)(=O)c1ccc(N)c(F)c1. The summed E-state index contributed by atoms with van der Waals surface area (Å²) in [6, 6.07) is 3.59. The third-order valence-corrected chi connectivity index (χ3v) is 5.24. The molecule has 0 radical (unpaired) electrons. The van der Waals surface area contributed by atoms with Crippen LogP contribution in [0.15, 0.2) is 23.1 Å². The largest absolute Gasteiger partial charge is 0.396 e. The molecule has 1 aromatic rings. The molecular formula is C12H17FN2O2S. The van der Waals surface area contributed by atoms with Gasteiger partial charge in [0.15, 0.2) is 0 Å². The summed E-state index contributed by atoms with van der Waals surface area (Å²) in [5.74, 6) is -0.267. The van der Waals surface area contributed by atoms with Crippen molar-refractivity contribution in [2.75, 3.05) is 19.3 Å². The van der Waals surface area contributed by atoms with E-state index in [-0.39, 0.29) is 10.6 Å². The monoisotopic (exact) mass is 272 g/mol. The molecule has 0 unspecified atom stereocenters. The van der Waals surface area contributed by atoms with Crippen LogP contribution in [-0.2, 0) is 10.0 Å². The zero-order chi connectivity index (χ0) is 13.3. The van der Waals surface area contributed by atoms with Gasteiger partial charge in [0.1, 0.15) is 5.82 Å². The molecule has 0 atom stereocenters. The van der Waals surface area contributed by atoms with E-state index in [2.05, 4.69) is 0 Å². The summed E-state index contributed by atoms with van der Waals surface area (Å²) in [6.07, 6.45) is 3.29. The highest BCUT2D eigenvalue weighted by molar-refractivity contribution is 7.89. The van der Waals surface area contributed by atoms with E-state index in [4.69, 9.17) is 5.73 Å². The maximum Gasteiger partial charge on any atom is 0.242 e. The molecule has 2 rings (SSSR count). The van der Waals surface area contributed by atoms with Gasteiger partial charge in [-0.15, -0.1) is 0 Å². The number of nitrogens with two attached hydrogens (primary N) is 1. The van der Waals surface area contributed by atoms with Crippen molar-refractivity contribution in [1.29, 1.82) is 0 Å². The molecular weight excluding hydrogens is 255 g/mol. The first kappa shape index (κ1) is 13.3. The normalized spacial score (nSPS) is 16.8. The van der Waals surface area contributed by atoms with Gasteiger partial charge in [-0.2, -0.15) is 0 Å². The molecule has 18 heavy (non-hydrogen) atoms. The number of halogens is 1. The lowest BCUT2D eigenvalue weighted by molar-refractivity contribution is 0.263. The van der Waals surface area contributed by atoms with E-state index in [1.54, 1.807) is 0 Å². The summed E-state index contributed by atoms with van der Waals surface area (Å²) in [5, 5.41) is 0. The molecule has 2 N–H and O–H groups in total. The van der Waals surface area contributed by atoms with Gasteiger partial charge in [-0.25, -0.2) is 17.1 Å². The second-order valence-corrected chi connectivity index (χ2v) is 6.81. The van der Waals surface area contributed by atoms with Crippen LogP contribution >= 0.6 is 0 Å². The molecule has 0 aliphatic heterocycles. The standard InChI is InChI=1S/C12H17FN2O2S/c1-15(8-9-3-2-4-9)18(16,17)10-5-6-12(14)11(13)7-10/h5-7,9H,2-4,8,14H2,1H3. The maximum absolute atomic E-state index is 13.3. The van der Waals surface area contributed by atoms with Crippen LogP contribution < -0.4 is 5.73 Å². The molecule has 4 nitrogen and oxygen atoms in total. The van der Waals surface area contributed by atoms with Crippen LogP contribution in [0.3, 0.4) is 0 Å². The van der Waals surface area contributed by atoms with Crippen molar-refractivity contribution in [3.8, 4) is 0 Å². The van der Waals surface area contributed by atoms with E-state index in [1.165, 1.54) is 23.5 Å². The Balaban J connectivity index is 2.20. The number of rotatable bonds is 4.